The number of nitrogens with two attached hydrogens (primary N) is 1. The molecule has 0 aromatic heterocycles. The molecule has 5 nitrogen and oxygen atoms in total. The molecule has 0 radical (unpaired) electrons. The van der Waals surface area contributed by atoms with Crippen molar-refractivity contribution < 1.29 is 19.1 Å². The summed E-state index contributed by atoms with van der Waals surface area (Å²) in [5.74, 6) is 5.70. The maximum atomic E-state index is 10.8. The molecule has 94 valence electrons. The minimum absolute atomic E-state index is 0.0408. The number of methoxy groups -OCH3 is 2. The van der Waals surface area contributed by atoms with Gasteiger partial charge in [-0.25, -0.2) is 0 Å². The number of carbonyl (C=O) groups excluding carboxylic acids is 2. The fourth-order valence-corrected chi connectivity index (χ4v) is 1.34. The number of aldehydes is 1. The Bertz CT molecular complexity index is 526. The Morgan fingerprint density at radius 3 is 2.50 bits per heavy atom. The topological polar surface area (TPSA) is 78.6 Å². The lowest BCUT2D eigenvalue weighted by atomic mass is 10.1. The van der Waals surface area contributed by atoms with Gasteiger partial charge in [-0.15, -0.1) is 0 Å². The van der Waals surface area contributed by atoms with Gasteiger partial charge in [0.2, 0.25) is 5.91 Å². The summed E-state index contributed by atoms with van der Waals surface area (Å²) >= 11 is 0. The molecule has 0 aliphatic carbocycles. The molecule has 1 rings (SSSR count). The molecule has 0 saturated carbocycles. The average molecular weight is 247 g/mol. The van der Waals surface area contributed by atoms with Crippen molar-refractivity contribution in [3.63, 3.8) is 0 Å². The van der Waals surface area contributed by atoms with Gasteiger partial charge in [-0.3, -0.25) is 9.59 Å². The molecule has 0 unspecified atom stereocenters. The summed E-state index contributed by atoms with van der Waals surface area (Å²) in [6.45, 7) is 0. The Morgan fingerprint density at radius 1 is 1.33 bits per heavy atom. The first kappa shape index (κ1) is 13.6. The van der Waals surface area contributed by atoms with Gasteiger partial charge in [0.15, 0.2) is 6.29 Å². The molecule has 0 saturated heterocycles. The standard InChI is InChI=1S/C13H13NO4/c1-17-11-7-10(8-15)12(18-2)6-9(11)4-3-5-13(14)16/h6-8H,5H2,1-2H3,(H2,14,16). The van der Waals surface area contributed by atoms with E-state index in [0.29, 0.717) is 28.9 Å². The predicted molar refractivity (Wildman–Crippen MR) is 65.6 cm³/mol. The molecule has 1 aromatic rings. The highest BCUT2D eigenvalue weighted by Crippen LogP contribution is 2.27. The van der Waals surface area contributed by atoms with Crippen LogP contribution in [0.4, 0.5) is 0 Å². The monoisotopic (exact) mass is 247 g/mol. The number of benzene rings is 1. The number of ether oxygens (including phenoxy) is 2. The Hall–Kier alpha value is -2.48. The van der Waals surface area contributed by atoms with Gasteiger partial charge in [0.25, 0.3) is 0 Å². The van der Waals surface area contributed by atoms with Crippen molar-refractivity contribution in [3.8, 4) is 23.3 Å². The highest BCUT2D eigenvalue weighted by Gasteiger charge is 2.09. The van der Waals surface area contributed by atoms with Gasteiger partial charge in [0.1, 0.15) is 11.5 Å². The third kappa shape index (κ3) is 3.25. The van der Waals surface area contributed by atoms with Gasteiger partial charge in [-0.1, -0.05) is 11.8 Å². The van der Waals surface area contributed by atoms with Crippen molar-refractivity contribution >= 4 is 12.2 Å². The first-order chi connectivity index (χ1) is 8.62. The Morgan fingerprint density at radius 2 is 2.00 bits per heavy atom. The molecule has 0 aliphatic heterocycles. The number of amides is 1. The van der Waals surface area contributed by atoms with Crippen molar-refractivity contribution in [1.82, 2.24) is 0 Å². The van der Waals surface area contributed by atoms with Gasteiger partial charge in [-0.05, 0) is 6.07 Å². The molecular weight excluding hydrogens is 234 g/mol. The Balaban J connectivity index is 3.19. The first-order valence-electron chi connectivity index (χ1n) is 5.10. The second-order valence-electron chi connectivity index (χ2n) is 3.36. The van der Waals surface area contributed by atoms with Gasteiger partial charge >= 0.3 is 0 Å². The third-order valence-electron chi connectivity index (χ3n) is 2.16. The van der Waals surface area contributed by atoms with Crippen LogP contribution in [-0.4, -0.2) is 26.4 Å². The number of hydrogen-bond acceptors (Lipinski definition) is 4. The summed E-state index contributed by atoms with van der Waals surface area (Å²) in [5, 5.41) is 0. The quantitative estimate of drug-likeness (QED) is 0.628. The van der Waals surface area contributed by atoms with E-state index in [-0.39, 0.29) is 6.42 Å². The highest BCUT2D eigenvalue weighted by molar-refractivity contribution is 5.81. The minimum Gasteiger partial charge on any atom is -0.496 e. The van der Waals surface area contributed by atoms with E-state index in [1.54, 1.807) is 6.07 Å². The summed E-state index contributed by atoms with van der Waals surface area (Å²) in [5.41, 5.74) is 5.88. The first-order valence-corrected chi connectivity index (χ1v) is 5.10. The Labute approximate surface area is 105 Å². The van der Waals surface area contributed by atoms with Crippen LogP contribution in [0.1, 0.15) is 22.3 Å². The zero-order valence-corrected chi connectivity index (χ0v) is 10.1. The zero-order valence-electron chi connectivity index (χ0n) is 10.1. The molecular formula is C13H13NO4. The lowest BCUT2D eigenvalue weighted by molar-refractivity contribution is -0.117. The fourth-order valence-electron chi connectivity index (χ4n) is 1.34. The molecule has 5 heteroatoms. The van der Waals surface area contributed by atoms with Crippen LogP contribution in [0.15, 0.2) is 12.1 Å². The summed E-state index contributed by atoms with van der Waals surface area (Å²) in [7, 11) is 2.92. The molecule has 0 bridgehead atoms. The number of primary amides is 1. The van der Waals surface area contributed by atoms with Crippen molar-refractivity contribution in [2.45, 2.75) is 6.42 Å². The van der Waals surface area contributed by atoms with Crippen LogP contribution in [0.2, 0.25) is 0 Å². The van der Waals surface area contributed by atoms with E-state index in [1.165, 1.54) is 20.3 Å². The van der Waals surface area contributed by atoms with E-state index in [0.717, 1.165) is 0 Å². The van der Waals surface area contributed by atoms with E-state index in [9.17, 15) is 9.59 Å². The SMILES string of the molecule is COc1cc(C=O)c(OC)cc1C#CCC(N)=O. The van der Waals surface area contributed by atoms with Gasteiger partial charge in [0, 0.05) is 6.07 Å². The molecule has 2 N–H and O–H groups in total. The van der Waals surface area contributed by atoms with Crippen molar-refractivity contribution in [3.05, 3.63) is 23.3 Å². The van der Waals surface area contributed by atoms with Gasteiger partial charge in [0.05, 0.1) is 31.8 Å². The summed E-state index contributed by atoms with van der Waals surface area (Å²) in [6, 6.07) is 3.11. The lowest BCUT2D eigenvalue weighted by Crippen LogP contribution is -2.08. The minimum atomic E-state index is -0.502. The van der Waals surface area contributed by atoms with Crippen molar-refractivity contribution in [2.75, 3.05) is 14.2 Å². The average Bonchev–Trinajstić information content (AvgIpc) is 2.37. The fraction of sp³-hybridized carbons (Fsp3) is 0.231. The maximum Gasteiger partial charge on any atom is 0.229 e. The number of rotatable bonds is 4. The van der Waals surface area contributed by atoms with E-state index >= 15 is 0 Å². The van der Waals surface area contributed by atoms with E-state index in [2.05, 4.69) is 11.8 Å². The lowest BCUT2D eigenvalue weighted by Gasteiger charge is -2.08. The number of carbonyl (C=O) groups is 2. The van der Waals surface area contributed by atoms with Crippen molar-refractivity contribution in [1.29, 1.82) is 0 Å². The van der Waals surface area contributed by atoms with Crippen LogP contribution < -0.4 is 15.2 Å². The predicted octanol–water partition coefficient (Wildman–Crippen LogP) is 0.743. The zero-order chi connectivity index (χ0) is 13.5. The maximum absolute atomic E-state index is 10.8. The smallest absolute Gasteiger partial charge is 0.229 e. The largest absolute Gasteiger partial charge is 0.496 e. The van der Waals surface area contributed by atoms with E-state index < -0.39 is 5.91 Å². The highest BCUT2D eigenvalue weighted by atomic mass is 16.5. The van der Waals surface area contributed by atoms with Crippen LogP contribution in [0, 0.1) is 11.8 Å². The van der Waals surface area contributed by atoms with Gasteiger partial charge in [-0.2, -0.15) is 0 Å². The van der Waals surface area contributed by atoms with E-state index in [4.69, 9.17) is 15.2 Å². The van der Waals surface area contributed by atoms with Crippen LogP contribution in [0.25, 0.3) is 0 Å². The van der Waals surface area contributed by atoms with Crippen LogP contribution in [0.3, 0.4) is 0 Å². The van der Waals surface area contributed by atoms with Crippen LogP contribution in [-0.2, 0) is 4.79 Å². The molecule has 0 heterocycles. The second kappa shape index (κ2) is 6.30. The third-order valence-corrected chi connectivity index (χ3v) is 2.16. The number of hydrogen-bond donors (Lipinski definition) is 1. The molecule has 1 aromatic carbocycles. The molecule has 0 spiro atoms. The molecule has 0 atom stereocenters. The normalized spacial score (nSPS) is 9.00. The van der Waals surface area contributed by atoms with Crippen LogP contribution in [0.5, 0.6) is 11.5 Å². The molecule has 0 fully saturated rings. The second-order valence-corrected chi connectivity index (χ2v) is 3.36. The molecule has 1 amide bonds. The van der Waals surface area contributed by atoms with Crippen molar-refractivity contribution in [2.24, 2.45) is 5.73 Å². The Kier molecular flexibility index (Phi) is 4.76. The molecule has 0 aliphatic rings. The molecule has 18 heavy (non-hydrogen) atoms. The van der Waals surface area contributed by atoms with Gasteiger partial charge < -0.3 is 15.2 Å². The summed E-state index contributed by atoms with van der Waals surface area (Å²) in [4.78, 5) is 21.4. The summed E-state index contributed by atoms with van der Waals surface area (Å²) in [6.07, 6.45) is 0.628. The summed E-state index contributed by atoms with van der Waals surface area (Å²) < 4.78 is 10.2. The van der Waals surface area contributed by atoms with E-state index in [1.807, 2.05) is 0 Å². The van der Waals surface area contributed by atoms with Crippen LogP contribution >= 0.6 is 0 Å².